The van der Waals surface area contributed by atoms with Crippen LogP contribution in [0.25, 0.3) is 10.6 Å². The molecule has 0 spiro atoms. The van der Waals surface area contributed by atoms with Gasteiger partial charge in [0.1, 0.15) is 0 Å². The van der Waals surface area contributed by atoms with Gasteiger partial charge in [-0.05, 0) is 23.4 Å². The third kappa shape index (κ3) is 3.92. The largest absolute Gasteiger partial charge is 0.355 e. The fourth-order valence-corrected chi connectivity index (χ4v) is 3.36. The summed E-state index contributed by atoms with van der Waals surface area (Å²) in [6.07, 6.45) is 2.10. The van der Waals surface area contributed by atoms with Crippen molar-refractivity contribution >= 4 is 17.2 Å². The molecule has 5 heteroatoms. The maximum absolute atomic E-state index is 12.3. The quantitative estimate of drug-likeness (QED) is 0.677. The van der Waals surface area contributed by atoms with Crippen molar-refractivity contribution in [2.45, 2.75) is 25.7 Å². The molecular weight excluding hydrogens is 320 g/mol. The summed E-state index contributed by atoms with van der Waals surface area (Å²) in [5.74, 6) is 0.741. The third-order valence-electron chi connectivity index (χ3n) is 3.92. The molecule has 4 nitrogen and oxygen atoms in total. The lowest BCUT2D eigenvalue weighted by Crippen LogP contribution is -2.28. The maximum Gasteiger partial charge on any atom is 0.273 e. The summed E-state index contributed by atoms with van der Waals surface area (Å²) in [5, 5.41) is 8.84. The minimum absolute atomic E-state index is 0.196. The Balaban J connectivity index is 1.64. The van der Waals surface area contributed by atoms with E-state index in [1.807, 2.05) is 35.7 Å². The molecule has 0 saturated carbocycles. The molecule has 2 heterocycles. The zero-order chi connectivity index (χ0) is 16.8. The smallest absolute Gasteiger partial charge is 0.273 e. The van der Waals surface area contributed by atoms with Gasteiger partial charge in [-0.15, -0.1) is 11.3 Å². The van der Waals surface area contributed by atoms with E-state index in [1.165, 1.54) is 5.56 Å². The van der Waals surface area contributed by atoms with Crippen LogP contribution in [0.3, 0.4) is 0 Å². The molecule has 0 aliphatic heterocycles. The van der Waals surface area contributed by atoms with Crippen molar-refractivity contribution in [3.8, 4) is 10.6 Å². The molecule has 0 fully saturated rings. The number of hydrogen-bond acceptors (Lipinski definition) is 4. The molecule has 1 aromatic carbocycles. The Morgan fingerprint density at radius 2 is 2.08 bits per heavy atom. The molecule has 0 saturated heterocycles. The molecule has 3 aromatic rings. The van der Waals surface area contributed by atoms with Crippen LogP contribution in [0, 0.1) is 0 Å². The molecule has 1 atom stereocenters. The number of nitrogens with one attached hydrogen (secondary N) is 1. The van der Waals surface area contributed by atoms with Gasteiger partial charge in [-0.1, -0.05) is 54.9 Å². The lowest BCUT2D eigenvalue weighted by Gasteiger charge is -2.17. The summed E-state index contributed by atoms with van der Waals surface area (Å²) in [5.41, 5.74) is 1.57. The maximum atomic E-state index is 12.3. The third-order valence-corrected chi connectivity index (χ3v) is 4.81. The molecule has 124 valence electrons. The number of nitrogens with zero attached hydrogens (tertiary/aromatic N) is 1. The Hall–Kier alpha value is -2.40. The number of aromatic nitrogens is 1. The minimum Gasteiger partial charge on any atom is -0.355 e. The predicted octanol–water partition coefficient (Wildman–Crippen LogP) is 4.72. The number of thiophene rings is 1. The summed E-state index contributed by atoms with van der Waals surface area (Å²) in [6, 6.07) is 15.9. The Kier molecular flexibility index (Phi) is 5.43. The summed E-state index contributed by atoms with van der Waals surface area (Å²) in [7, 11) is 0. The van der Waals surface area contributed by atoms with Crippen LogP contribution in [0.1, 0.15) is 41.7 Å². The van der Waals surface area contributed by atoms with Crippen molar-refractivity contribution in [3.05, 3.63) is 65.2 Å². The fraction of sp³-hybridized carbons (Fsp3) is 0.263. The van der Waals surface area contributed by atoms with E-state index in [9.17, 15) is 4.79 Å². The summed E-state index contributed by atoms with van der Waals surface area (Å²) in [6.45, 7) is 2.75. The summed E-state index contributed by atoms with van der Waals surface area (Å²) >= 11 is 1.56. The standard InChI is InChI=1S/C19H20N2O2S/c1-2-7-15(14-8-4-3-5-9-14)13-20-19(22)16-12-17(23-21-16)18-10-6-11-24-18/h3-6,8-12,15H,2,7,13H2,1H3,(H,20,22). The zero-order valence-corrected chi connectivity index (χ0v) is 14.4. The fourth-order valence-electron chi connectivity index (χ4n) is 2.68. The molecule has 0 aliphatic carbocycles. The molecule has 0 radical (unpaired) electrons. The second kappa shape index (κ2) is 7.93. The monoisotopic (exact) mass is 340 g/mol. The van der Waals surface area contributed by atoms with Gasteiger partial charge in [0.25, 0.3) is 5.91 Å². The van der Waals surface area contributed by atoms with E-state index in [2.05, 4.69) is 29.5 Å². The van der Waals surface area contributed by atoms with E-state index in [0.717, 1.165) is 17.7 Å². The van der Waals surface area contributed by atoms with Crippen molar-refractivity contribution in [1.29, 1.82) is 0 Å². The molecule has 2 aromatic heterocycles. The first-order valence-corrected chi connectivity index (χ1v) is 8.99. The van der Waals surface area contributed by atoms with E-state index in [1.54, 1.807) is 17.4 Å². The number of rotatable bonds is 7. The Morgan fingerprint density at radius 3 is 2.79 bits per heavy atom. The van der Waals surface area contributed by atoms with Crippen molar-refractivity contribution in [2.75, 3.05) is 6.54 Å². The minimum atomic E-state index is -0.196. The van der Waals surface area contributed by atoms with Gasteiger partial charge in [-0.2, -0.15) is 0 Å². The number of hydrogen-bond donors (Lipinski definition) is 1. The average molecular weight is 340 g/mol. The molecule has 3 rings (SSSR count). The summed E-state index contributed by atoms with van der Waals surface area (Å²) < 4.78 is 5.27. The average Bonchev–Trinajstić information content (AvgIpc) is 3.30. The molecule has 0 aliphatic rings. The first kappa shape index (κ1) is 16.5. The number of carbonyl (C=O) groups excluding carboxylic acids is 1. The van der Waals surface area contributed by atoms with Crippen molar-refractivity contribution < 1.29 is 9.32 Å². The number of benzene rings is 1. The van der Waals surface area contributed by atoms with E-state index >= 15 is 0 Å². The lowest BCUT2D eigenvalue weighted by molar-refractivity contribution is 0.0941. The van der Waals surface area contributed by atoms with E-state index in [-0.39, 0.29) is 5.91 Å². The van der Waals surface area contributed by atoms with Gasteiger partial charge in [0.15, 0.2) is 11.5 Å². The molecule has 1 unspecified atom stereocenters. The van der Waals surface area contributed by atoms with E-state index in [0.29, 0.717) is 23.9 Å². The Morgan fingerprint density at radius 1 is 1.25 bits per heavy atom. The van der Waals surface area contributed by atoms with Gasteiger partial charge in [0.05, 0.1) is 4.88 Å². The molecule has 24 heavy (non-hydrogen) atoms. The lowest BCUT2D eigenvalue weighted by atomic mass is 9.94. The van der Waals surface area contributed by atoms with Crippen LogP contribution in [-0.4, -0.2) is 17.6 Å². The van der Waals surface area contributed by atoms with Crippen LogP contribution in [0.2, 0.25) is 0 Å². The number of carbonyl (C=O) groups is 1. The zero-order valence-electron chi connectivity index (χ0n) is 13.6. The van der Waals surface area contributed by atoms with Crippen LogP contribution in [0.5, 0.6) is 0 Å². The van der Waals surface area contributed by atoms with E-state index in [4.69, 9.17) is 4.52 Å². The highest BCUT2D eigenvalue weighted by atomic mass is 32.1. The predicted molar refractivity (Wildman–Crippen MR) is 96.2 cm³/mol. The molecular formula is C19H20N2O2S. The summed E-state index contributed by atoms with van der Waals surface area (Å²) in [4.78, 5) is 13.3. The van der Waals surface area contributed by atoms with Crippen LogP contribution in [-0.2, 0) is 0 Å². The van der Waals surface area contributed by atoms with Crippen molar-refractivity contribution in [2.24, 2.45) is 0 Å². The van der Waals surface area contributed by atoms with Gasteiger partial charge < -0.3 is 9.84 Å². The number of amides is 1. The highest BCUT2D eigenvalue weighted by Gasteiger charge is 2.16. The second-order valence-electron chi connectivity index (χ2n) is 5.66. The van der Waals surface area contributed by atoms with Gasteiger partial charge in [-0.3, -0.25) is 4.79 Å². The van der Waals surface area contributed by atoms with Crippen LogP contribution >= 0.6 is 11.3 Å². The normalized spacial score (nSPS) is 12.0. The highest BCUT2D eigenvalue weighted by molar-refractivity contribution is 7.13. The van der Waals surface area contributed by atoms with Crippen LogP contribution < -0.4 is 5.32 Å². The molecule has 1 amide bonds. The second-order valence-corrected chi connectivity index (χ2v) is 6.61. The van der Waals surface area contributed by atoms with E-state index < -0.39 is 0 Å². The van der Waals surface area contributed by atoms with Gasteiger partial charge in [0.2, 0.25) is 0 Å². The van der Waals surface area contributed by atoms with Gasteiger partial charge >= 0.3 is 0 Å². The highest BCUT2D eigenvalue weighted by Crippen LogP contribution is 2.25. The van der Waals surface area contributed by atoms with Crippen LogP contribution in [0.4, 0.5) is 0 Å². The first-order valence-electron chi connectivity index (χ1n) is 8.11. The van der Waals surface area contributed by atoms with Gasteiger partial charge in [-0.25, -0.2) is 0 Å². The Labute approximate surface area is 145 Å². The topological polar surface area (TPSA) is 55.1 Å². The van der Waals surface area contributed by atoms with Gasteiger partial charge in [0, 0.05) is 18.5 Å². The van der Waals surface area contributed by atoms with Crippen molar-refractivity contribution in [3.63, 3.8) is 0 Å². The first-order chi connectivity index (χ1) is 11.8. The molecule has 0 bridgehead atoms. The van der Waals surface area contributed by atoms with Crippen LogP contribution in [0.15, 0.2) is 58.4 Å². The SMILES string of the molecule is CCCC(CNC(=O)c1cc(-c2cccs2)on1)c1ccccc1. The molecule has 1 N–H and O–H groups in total. The van der Waals surface area contributed by atoms with Crippen molar-refractivity contribution in [1.82, 2.24) is 10.5 Å². The Bertz CT molecular complexity index is 766.